The number of carbonyl (C=O) groups excluding carboxylic acids is 4. The van der Waals surface area contributed by atoms with Gasteiger partial charge < -0.3 is 19.8 Å². The first-order valence-corrected chi connectivity index (χ1v) is 7.75. The summed E-state index contributed by atoms with van der Waals surface area (Å²) < 4.78 is 9.90. The zero-order chi connectivity index (χ0) is 18.5. The Hall–Kier alpha value is -3.62. The van der Waals surface area contributed by atoms with Crippen LogP contribution in [0.4, 0.5) is 10.5 Å². The van der Waals surface area contributed by atoms with Crippen molar-refractivity contribution in [2.45, 2.75) is 0 Å². The van der Waals surface area contributed by atoms with Gasteiger partial charge in [0.05, 0.1) is 11.8 Å². The highest BCUT2D eigenvalue weighted by molar-refractivity contribution is 6.02. The molecule has 2 heterocycles. The predicted molar refractivity (Wildman–Crippen MR) is 88.5 cm³/mol. The topological polar surface area (TPSA) is 118 Å². The van der Waals surface area contributed by atoms with Crippen molar-refractivity contribution in [3.8, 4) is 0 Å². The molecule has 2 aromatic rings. The third-order valence-electron chi connectivity index (χ3n) is 3.61. The summed E-state index contributed by atoms with van der Waals surface area (Å²) in [4.78, 5) is 48.0. The number of rotatable bonds is 5. The number of amides is 4. The molecule has 1 fully saturated rings. The summed E-state index contributed by atoms with van der Waals surface area (Å²) in [6.07, 6.45) is 1.39. The van der Waals surface area contributed by atoms with Gasteiger partial charge in [-0.25, -0.2) is 9.59 Å². The second-order valence-corrected chi connectivity index (χ2v) is 5.36. The molecule has 134 valence electrons. The van der Waals surface area contributed by atoms with Gasteiger partial charge in [-0.05, 0) is 36.4 Å². The van der Waals surface area contributed by atoms with Crippen LogP contribution in [0.25, 0.3) is 0 Å². The number of ether oxygens (including phenoxy) is 1. The van der Waals surface area contributed by atoms with Crippen molar-refractivity contribution >= 4 is 29.5 Å². The fourth-order valence-electron chi connectivity index (χ4n) is 2.29. The highest BCUT2D eigenvalue weighted by Crippen LogP contribution is 2.13. The Morgan fingerprint density at radius 3 is 2.58 bits per heavy atom. The fourth-order valence-corrected chi connectivity index (χ4v) is 2.29. The lowest BCUT2D eigenvalue weighted by molar-refractivity contribution is -0.130. The average molecular weight is 357 g/mol. The van der Waals surface area contributed by atoms with Crippen molar-refractivity contribution in [1.29, 1.82) is 0 Å². The summed E-state index contributed by atoms with van der Waals surface area (Å²) in [7, 11) is 0. The van der Waals surface area contributed by atoms with Crippen molar-refractivity contribution in [2.75, 3.05) is 25.0 Å². The molecule has 1 saturated heterocycles. The lowest BCUT2D eigenvalue weighted by Crippen LogP contribution is -2.37. The molecule has 9 nitrogen and oxygen atoms in total. The second-order valence-electron chi connectivity index (χ2n) is 5.36. The number of esters is 1. The molecule has 2 N–H and O–H groups in total. The van der Waals surface area contributed by atoms with Crippen molar-refractivity contribution in [1.82, 2.24) is 10.2 Å². The first kappa shape index (κ1) is 17.2. The SMILES string of the molecule is O=C(OCC(=O)N1CCNC1=O)c1ccc(NC(=O)c2ccco2)cc1. The van der Waals surface area contributed by atoms with Crippen LogP contribution in [0.1, 0.15) is 20.9 Å². The number of hydrogen-bond donors (Lipinski definition) is 2. The van der Waals surface area contributed by atoms with Gasteiger partial charge in [-0.2, -0.15) is 0 Å². The van der Waals surface area contributed by atoms with Gasteiger partial charge in [-0.1, -0.05) is 0 Å². The lowest BCUT2D eigenvalue weighted by Gasteiger charge is -2.12. The molecule has 3 rings (SSSR count). The largest absolute Gasteiger partial charge is 0.459 e. The summed E-state index contributed by atoms with van der Waals surface area (Å²) in [6.45, 7) is 0.103. The highest BCUT2D eigenvalue weighted by Gasteiger charge is 2.26. The van der Waals surface area contributed by atoms with Crippen molar-refractivity contribution in [2.24, 2.45) is 0 Å². The van der Waals surface area contributed by atoms with Gasteiger partial charge in [-0.15, -0.1) is 0 Å². The van der Waals surface area contributed by atoms with Crippen molar-refractivity contribution in [3.05, 3.63) is 54.0 Å². The number of nitrogens with one attached hydrogen (secondary N) is 2. The molecular weight excluding hydrogens is 342 g/mol. The van der Waals surface area contributed by atoms with E-state index in [4.69, 9.17) is 9.15 Å². The summed E-state index contributed by atoms with van der Waals surface area (Å²) in [5.74, 6) is -1.55. The van der Waals surface area contributed by atoms with Crippen molar-refractivity contribution in [3.63, 3.8) is 0 Å². The van der Waals surface area contributed by atoms with Gasteiger partial charge >= 0.3 is 12.0 Å². The van der Waals surface area contributed by atoms with Gasteiger partial charge in [-0.3, -0.25) is 14.5 Å². The van der Waals surface area contributed by atoms with E-state index in [1.807, 2.05) is 0 Å². The molecule has 0 unspecified atom stereocenters. The van der Waals surface area contributed by atoms with E-state index in [1.54, 1.807) is 6.07 Å². The molecule has 1 aliphatic rings. The van der Waals surface area contributed by atoms with Crippen LogP contribution in [0.5, 0.6) is 0 Å². The van der Waals surface area contributed by atoms with E-state index in [1.165, 1.54) is 36.6 Å². The Bertz CT molecular complexity index is 829. The number of carbonyl (C=O) groups is 4. The van der Waals surface area contributed by atoms with Gasteiger partial charge in [0.25, 0.3) is 11.8 Å². The average Bonchev–Trinajstić information content (AvgIpc) is 3.31. The standard InChI is InChI=1S/C17H15N3O6/c21-14(20-8-7-18-17(20)24)10-26-16(23)11-3-5-12(6-4-11)19-15(22)13-2-1-9-25-13/h1-6,9H,7-8,10H2,(H,18,24)(H,19,22). The minimum Gasteiger partial charge on any atom is -0.459 e. The highest BCUT2D eigenvalue weighted by atomic mass is 16.5. The minimum atomic E-state index is -0.707. The van der Waals surface area contributed by atoms with Gasteiger partial charge in [0.2, 0.25) is 0 Å². The number of benzene rings is 1. The summed E-state index contributed by atoms with van der Waals surface area (Å²) in [5.41, 5.74) is 0.674. The summed E-state index contributed by atoms with van der Waals surface area (Å²) >= 11 is 0. The number of nitrogens with zero attached hydrogens (tertiary/aromatic N) is 1. The molecule has 0 atom stereocenters. The Balaban J connectivity index is 1.52. The van der Waals surface area contributed by atoms with Crippen LogP contribution in [0, 0.1) is 0 Å². The first-order valence-electron chi connectivity index (χ1n) is 7.75. The zero-order valence-electron chi connectivity index (χ0n) is 13.6. The fraction of sp³-hybridized carbons (Fsp3) is 0.176. The van der Waals surface area contributed by atoms with E-state index in [0.29, 0.717) is 12.2 Å². The molecule has 1 aromatic heterocycles. The van der Waals surface area contributed by atoms with E-state index in [2.05, 4.69) is 10.6 Å². The Kier molecular flexibility index (Phi) is 4.97. The Morgan fingerprint density at radius 2 is 1.96 bits per heavy atom. The summed E-state index contributed by atoms with van der Waals surface area (Å²) in [6, 6.07) is 8.57. The lowest BCUT2D eigenvalue weighted by atomic mass is 10.2. The van der Waals surface area contributed by atoms with E-state index < -0.39 is 30.4 Å². The Labute approximate surface area is 147 Å². The van der Waals surface area contributed by atoms with E-state index in [9.17, 15) is 19.2 Å². The molecule has 1 aromatic carbocycles. The van der Waals surface area contributed by atoms with Crippen LogP contribution in [0.2, 0.25) is 0 Å². The van der Waals surface area contributed by atoms with Crippen LogP contribution in [0.15, 0.2) is 47.1 Å². The van der Waals surface area contributed by atoms with E-state index in [-0.39, 0.29) is 17.9 Å². The quantitative estimate of drug-likeness (QED) is 0.778. The number of imide groups is 1. The maximum atomic E-state index is 12.0. The molecule has 1 aliphatic heterocycles. The molecule has 4 amide bonds. The van der Waals surface area contributed by atoms with Crippen LogP contribution in [0.3, 0.4) is 0 Å². The van der Waals surface area contributed by atoms with Crippen LogP contribution in [-0.2, 0) is 9.53 Å². The third kappa shape index (κ3) is 3.89. The number of anilines is 1. The minimum absolute atomic E-state index is 0.165. The molecule has 0 aliphatic carbocycles. The van der Waals surface area contributed by atoms with E-state index in [0.717, 1.165) is 4.90 Å². The molecule has 26 heavy (non-hydrogen) atoms. The molecule has 9 heteroatoms. The second kappa shape index (κ2) is 7.51. The number of furan rings is 1. The maximum absolute atomic E-state index is 12.0. The predicted octanol–water partition coefficient (Wildman–Crippen LogP) is 1.24. The van der Waals surface area contributed by atoms with Gasteiger partial charge in [0.15, 0.2) is 12.4 Å². The third-order valence-corrected chi connectivity index (χ3v) is 3.61. The number of hydrogen-bond acceptors (Lipinski definition) is 6. The number of urea groups is 1. The van der Waals surface area contributed by atoms with Crippen LogP contribution in [-0.4, -0.2) is 48.4 Å². The van der Waals surface area contributed by atoms with Gasteiger partial charge in [0.1, 0.15) is 0 Å². The van der Waals surface area contributed by atoms with Crippen LogP contribution >= 0.6 is 0 Å². The normalized spacial score (nSPS) is 13.2. The maximum Gasteiger partial charge on any atom is 0.338 e. The molecule has 0 bridgehead atoms. The molecule has 0 radical (unpaired) electrons. The monoisotopic (exact) mass is 357 g/mol. The molecule has 0 spiro atoms. The first-order chi connectivity index (χ1) is 12.5. The van der Waals surface area contributed by atoms with Gasteiger partial charge in [0, 0.05) is 18.8 Å². The summed E-state index contributed by atoms with van der Waals surface area (Å²) in [5, 5.41) is 5.10. The zero-order valence-corrected chi connectivity index (χ0v) is 13.6. The molecular formula is C17H15N3O6. The van der Waals surface area contributed by atoms with Crippen molar-refractivity contribution < 1.29 is 28.3 Å². The van der Waals surface area contributed by atoms with Crippen LogP contribution < -0.4 is 10.6 Å². The smallest absolute Gasteiger partial charge is 0.338 e. The Morgan fingerprint density at radius 1 is 1.19 bits per heavy atom. The molecule has 0 saturated carbocycles. The van der Waals surface area contributed by atoms with E-state index >= 15 is 0 Å².